The van der Waals surface area contributed by atoms with E-state index >= 15 is 0 Å². The maximum absolute atomic E-state index is 13.9. The van der Waals surface area contributed by atoms with Crippen LogP contribution in [0, 0.1) is 19.8 Å². The van der Waals surface area contributed by atoms with Crippen molar-refractivity contribution >= 4 is 46.7 Å². The lowest BCUT2D eigenvalue weighted by Gasteiger charge is -2.37. The number of hydrogen-bond acceptors (Lipinski definition) is 6. The number of fused-ring (bicyclic) bond motifs is 2. The molecule has 60 heavy (non-hydrogen) atoms. The van der Waals surface area contributed by atoms with Crippen molar-refractivity contribution < 1.29 is 14.2 Å². The Morgan fingerprint density at radius 3 is 2.03 bits per heavy atom. The summed E-state index contributed by atoms with van der Waals surface area (Å²) in [6, 6.07) is 24.6. The zero-order chi connectivity index (χ0) is 41.0. The second kappa shape index (κ2) is 18.4. The Morgan fingerprint density at radius 1 is 0.717 bits per heavy atom. The number of benzene rings is 3. The number of pyridine rings is 1. The van der Waals surface area contributed by atoms with E-state index in [-0.39, 0.29) is 11.8 Å². The first-order valence-electron chi connectivity index (χ1n) is 23.0. The molecule has 0 spiro atoms. The molecule has 0 unspecified atom stereocenters. The molecule has 9 nitrogen and oxygen atoms in total. The summed E-state index contributed by atoms with van der Waals surface area (Å²) in [5.74, 6) is 0.559. The van der Waals surface area contributed by atoms with Gasteiger partial charge in [0.15, 0.2) is 17.9 Å². The highest BCUT2D eigenvalue weighted by molar-refractivity contribution is 6.17. The van der Waals surface area contributed by atoms with Crippen molar-refractivity contribution in [2.45, 2.75) is 78.2 Å². The van der Waals surface area contributed by atoms with E-state index in [0.717, 1.165) is 76.8 Å². The number of nitrogens with zero attached hydrogens (tertiary/aromatic N) is 6. The van der Waals surface area contributed by atoms with Crippen LogP contribution in [0.15, 0.2) is 72.8 Å². The van der Waals surface area contributed by atoms with E-state index in [1.807, 2.05) is 42.5 Å². The van der Waals surface area contributed by atoms with E-state index in [0.29, 0.717) is 23.5 Å². The summed E-state index contributed by atoms with van der Waals surface area (Å²) >= 11 is 0. The smallest absolute Gasteiger partial charge is 0.257 e. The number of likely N-dealkylation sites (tertiary alicyclic amines) is 1. The fourth-order valence-electron chi connectivity index (χ4n) is 10.7. The molecule has 5 aliphatic rings. The summed E-state index contributed by atoms with van der Waals surface area (Å²) in [6.45, 7) is 17.2. The zero-order valence-corrected chi connectivity index (χ0v) is 36.0. The van der Waals surface area contributed by atoms with Crippen LogP contribution in [-0.2, 0) is 24.2 Å². The highest BCUT2D eigenvalue weighted by Crippen LogP contribution is 2.39. The molecule has 2 amide bonds. The quantitative estimate of drug-likeness (QED) is 0.116. The van der Waals surface area contributed by atoms with Gasteiger partial charge in [-0.1, -0.05) is 49.3 Å². The molecule has 2 saturated heterocycles. The minimum atomic E-state index is -0.182. The third kappa shape index (κ3) is 9.09. The van der Waals surface area contributed by atoms with E-state index in [2.05, 4.69) is 79.7 Å². The number of piperazine rings is 1. The number of piperidine rings is 1. The summed E-state index contributed by atoms with van der Waals surface area (Å²) in [5.41, 5.74) is 12.5. The van der Waals surface area contributed by atoms with Crippen molar-refractivity contribution in [2.75, 3.05) is 87.1 Å². The van der Waals surface area contributed by atoms with Crippen molar-refractivity contribution in [3.63, 3.8) is 0 Å². The number of rotatable bonds is 12. The minimum absolute atomic E-state index is 0.00748. The molecule has 0 atom stereocenters. The molecule has 3 aromatic carbocycles. The fourth-order valence-corrected chi connectivity index (χ4v) is 10.7. The van der Waals surface area contributed by atoms with E-state index in [9.17, 15) is 9.59 Å². The molecule has 314 valence electrons. The summed E-state index contributed by atoms with van der Waals surface area (Å²) in [7, 11) is 0. The number of amides is 2. The second-order valence-electron chi connectivity index (χ2n) is 18.1. The van der Waals surface area contributed by atoms with Gasteiger partial charge in [-0.3, -0.25) is 24.3 Å². The van der Waals surface area contributed by atoms with Crippen LogP contribution in [0.2, 0.25) is 0 Å². The molecule has 4 aromatic rings. The molecule has 1 aromatic heterocycles. The summed E-state index contributed by atoms with van der Waals surface area (Å²) in [6.07, 6.45) is 15.7. The fraction of sp³-hybridized carbons (Fsp3) is 0.471. The molecule has 9 rings (SSSR count). The number of aryl methyl sites for hydroxylation is 4. The Hall–Kier alpha value is -4.83. The average molecular weight is 807 g/mol. The van der Waals surface area contributed by atoms with Gasteiger partial charge in [-0.05, 0) is 129 Å². The van der Waals surface area contributed by atoms with Crippen LogP contribution in [0.25, 0.3) is 12.2 Å². The van der Waals surface area contributed by atoms with Crippen LogP contribution >= 0.6 is 0 Å². The first-order chi connectivity index (χ1) is 29.4. The van der Waals surface area contributed by atoms with Crippen LogP contribution in [0.1, 0.15) is 88.9 Å². The maximum Gasteiger partial charge on any atom is 0.257 e. The summed E-state index contributed by atoms with van der Waals surface area (Å²) in [4.78, 5) is 38.9. The van der Waals surface area contributed by atoms with Crippen molar-refractivity contribution in [1.82, 2.24) is 14.7 Å². The molecule has 5 aliphatic heterocycles. The van der Waals surface area contributed by atoms with Crippen LogP contribution in [0.5, 0.6) is 0 Å². The van der Waals surface area contributed by atoms with Gasteiger partial charge in [0, 0.05) is 70.9 Å². The van der Waals surface area contributed by atoms with E-state index in [1.165, 1.54) is 87.1 Å². The largest absolute Gasteiger partial charge is 0.371 e. The Labute approximate surface area is 357 Å². The number of anilines is 4. The molecule has 0 aliphatic carbocycles. The topological polar surface area (TPSA) is 66.2 Å². The van der Waals surface area contributed by atoms with Crippen LogP contribution in [-0.4, -0.2) is 98.5 Å². The first kappa shape index (κ1) is 40.6. The van der Waals surface area contributed by atoms with Crippen molar-refractivity contribution in [2.24, 2.45) is 5.92 Å². The predicted molar refractivity (Wildman–Crippen MR) is 244 cm³/mol. The number of aromatic nitrogens is 1. The predicted octanol–water partition coefficient (Wildman–Crippen LogP) is 7.89. The van der Waals surface area contributed by atoms with Crippen LogP contribution < -0.4 is 19.7 Å². The molecule has 0 bridgehead atoms. The Bertz CT molecular complexity index is 2160. The highest BCUT2D eigenvalue weighted by Gasteiger charge is 2.31. The minimum Gasteiger partial charge on any atom is -0.371 e. The van der Waals surface area contributed by atoms with Crippen LogP contribution in [0.3, 0.4) is 0 Å². The lowest BCUT2D eigenvalue weighted by Crippen LogP contribution is -2.51. The molecule has 2 fully saturated rings. The van der Waals surface area contributed by atoms with Gasteiger partial charge in [-0.15, -0.1) is 0 Å². The van der Waals surface area contributed by atoms with E-state index in [1.54, 1.807) is 27.8 Å². The second-order valence-corrected chi connectivity index (χ2v) is 18.1. The monoisotopic (exact) mass is 807 g/mol. The van der Waals surface area contributed by atoms with Crippen LogP contribution in [0.4, 0.5) is 22.7 Å². The number of para-hydroxylation sites is 3. The Kier molecular flexibility index (Phi) is 12.5. The molecule has 0 saturated carbocycles. The first-order valence-corrected chi connectivity index (χ1v) is 23.0. The molecule has 9 heteroatoms. The van der Waals surface area contributed by atoms with Gasteiger partial charge in [0.25, 0.3) is 5.91 Å². The lowest BCUT2D eigenvalue weighted by atomic mass is 9.90. The van der Waals surface area contributed by atoms with Crippen molar-refractivity contribution in [3.8, 4) is 0 Å². The van der Waals surface area contributed by atoms with Gasteiger partial charge in [0.2, 0.25) is 5.91 Å². The lowest BCUT2D eigenvalue weighted by molar-refractivity contribution is -0.708. The summed E-state index contributed by atoms with van der Waals surface area (Å²) < 4.78 is 2.50. The van der Waals surface area contributed by atoms with Crippen molar-refractivity contribution in [3.05, 3.63) is 112 Å². The molecule has 6 heterocycles. The zero-order valence-electron chi connectivity index (χ0n) is 36.0. The number of unbranched alkanes of at least 4 members (excludes halogenated alkanes) is 1. The number of hydrogen-bond donors (Lipinski definition) is 1. The van der Waals surface area contributed by atoms with E-state index < -0.39 is 0 Å². The van der Waals surface area contributed by atoms with Gasteiger partial charge in [-0.25, -0.2) is 0 Å². The molecule has 0 radical (unpaired) electrons. The van der Waals surface area contributed by atoms with Gasteiger partial charge >= 0.3 is 0 Å². The Morgan fingerprint density at radius 2 is 1.33 bits per heavy atom. The Balaban J connectivity index is 0.678. The average Bonchev–Trinajstić information content (AvgIpc) is 3.39. The SMILES string of the molecule is Cc1cc(C=Cc2cc3c4c(c2)CCCN4CCC3)cc(C)[n+]1CCN1CCN(CCCCC2CCN(CC(=O)N3c4ccccc4NC(=O)c4ccccc43)CC2)CC1. The van der Waals surface area contributed by atoms with Gasteiger partial charge in [0.1, 0.15) is 0 Å². The number of nitrogens with one attached hydrogen (secondary N) is 1. The normalized spacial score (nSPS) is 18.9. The standard InChI is InChI=1S/C51H63N7O2/c1-38-33-41(18-19-42-35-43-12-9-23-56-24-10-13-44(36-42)50(43)56)34-39(2)57(38)32-31-54-29-27-53(28-30-54)22-8-7-11-40-20-25-55(26-21-40)37-49(59)58-47-16-5-3-14-45(47)51(60)52-46-15-4-6-17-48(46)58/h3-6,14-19,33-36,40H,7-13,20-32,37H2,1-2H3/p+1. The van der Waals surface area contributed by atoms with E-state index in [4.69, 9.17) is 0 Å². The third-order valence-corrected chi connectivity index (χ3v) is 14.0. The number of carbonyl (C=O) groups is 2. The summed E-state index contributed by atoms with van der Waals surface area (Å²) in [5, 5.41) is 3.00. The molecular formula is C51H64N7O2+. The number of carbonyl (C=O) groups excluding carboxylic acids is 2. The molecule has 1 N–H and O–H groups in total. The molecular weight excluding hydrogens is 743 g/mol. The third-order valence-electron chi connectivity index (χ3n) is 14.0. The van der Waals surface area contributed by atoms with Gasteiger partial charge in [-0.2, -0.15) is 4.57 Å². The van der Waals surface area contributed by atoms with Gasteiger partial charge in [0.05, 0.1) is 35.7 Å². The highest BCUT2D eigenvalue weighted by atomic mass is 16.2. The van der Waals surface area contributed by atoms with Gasteiger partial charge < -0.3 is 15.1 Å². The van der Waals surface area contributed by atoms with Crippen molar-refractivity contribution in [1.29, 1.82) is 0 Å². The maximum atomic E-state index is 13.9.